The van der Waals surface area contributed by atoms with Crippen LogP contribution in [0.5, 0.6) is 11.5 Å². The third-order valence-corrected chi connectivity index (χ3v) is 6.74. The number of ether oxygens (including phenoxy) is 3. The van der Waals surface area contributed by atoms with Crippen molar-refractivity contribution < 1.29 is 33.0 Å². The Bertz CT molecular complexity index is 1360. The van der Waals surface area contributed by atoms with Gasteiger partial charge in [-0.1, -0.05) is 26.0 Å². The molecular formula is C27H31FN4O6S. The molecule has 2 amide bonds. The van der Waals surface area contributed by atoms with Gasteiger partial charge in [-0.3, -0.25) is 14.4 Å². The normalized spacial score (nSPS) is 12.0. The van der Waals surface area contributed by atoms with Gasteiger partial charge in [0.25, 0.3) is 11.8 Å². The number of thiophene rings is 1. The molecule has 0 unspecified atom stereocenters. The molecule has 0 aliphatic heterocycles. The monoisotopic (exact) mass is 558 g/mol. The van der Waals surface area contributed by atoms with Crippen molar-refractivity contribution in [3.8, 4) is 11.5 Å². The predicted octanol–water partition coefficient (Wildman–Crippen LogP) is 3.18. The van der Waals surface area contributed by atoms with Crippen molar-refractivity contribution in [2.45, 2.75) is 19.9 Å². The molecule has 3 rings (SSSR count). The number of esters is 1. The van der Waals surface area contributed by atoms with E-state index in [4.69, 9.17) is 19.9 Å². The lowest BCUT2D eigenvalue weighted by atomic mass is 10.1. The highest BCUT2D eigenvalue weighted by atomic mass is 32.1. The molecule has 0 saturated carbocycles. The molecule has 1 aromatic heterocycles. The molecule has 208 valence electrons. The van der Waals surface area contributed by atoms with Crippen LogP contribution in [0.2, 0.25) is 0 Å². The number of fused-ring (bicyclic) bond motifs is 1. The van der Waals surface area contributed by atoms with Crippen molar-refractivity contribution in [3.05, 3.63) is 58.7 Å². The zero-order valence-corrected chi connectivity index (χ0v) is 22.9. The number of amides is 2. The summed E-state index contributed by atoms with van der Waals surface area (Å²) in [4.78, 5) is 36.9. The first kappa shape index (κ1) is 29.5. The smallest absolute Gasteiger partial charge is 0.323 e. The Morgan fingerprint density at radius 3 is 2.67 bits per heavy atom. The first-order valence-corrected chi connectivity index (χ1v) is 13.0. The number of hydrogen-bond donors (Lipinski definition) is 2. The Balaban J connectivity index is 1.51. The predicted molar refractivity (Wildman–Crippen MR) is 147 cm³/mol. The highest BCUT2D eigenvalue weighted by molar-refractivity contribution is 7.17. The molecule has 10 nitrogen and oxygen atoms in total. The number of hydrazone groups is 1. The van der Waals surface area contributed by atoms with Crippen LogP contribution in [0.1, 0.15) is 29.8 Å². The van der Waals surface area contributed by atoms with Crippen molar-refractivity contribution in [2.24, 2.45) is 16.8 Å². The molecule has 0 aliphatic rings. The number of carbonyl (C=O) groups is 3. The Hall–Kier alpha value is -4.03. The fourth-order valence-electron chi connectivity index (χ4n) is 3.32. The van der Waals surface area contributed by atoms with Crippen molar-refractivity contribution >= 4 is 45.4 Å². The molecule has 0 radical (unpaired) electrons. The van der Waals surface area contributed by atoms with Crippen molar-refractivity contribution in [1.82, 2.24) is 10.3 Å². The molecule has 3 N–H and O–H groups in total. The summed E-state index contributed by atoms with van der Waals surface area (Å²) in [5.41, 5.74) is 6.68. The Labute approximate surface area is 229 Å². The molecule has 0 fully saturated rings. The van der Waals surface area contributed by atoms with Crippen LogP contribution in [-0.4, -0.2) is 69.0 Å². The number of likely N-dealkylation sites (N-methyl/N-ethyl adjacent to an activating group) is 1. The summed E-state index contributed by atoms with van der Waals surface area (Å²) in [6, 6.07) is 8.60. The van der Waals surface area contributed by atoms with Crippen LogP contribution in [0.4, 0.5) is 4.39 Å². The van der Waals surface area contributed by atoms with Crippen molar-refractivity contribution in [3.63, 3.8) is 0 Å². The molecule has 2 aromatic carbocycles. The van der Waals surface area contributed by atoms with E-state index in [9.17, 15) is 18.8 Å². The van der Waals surface area contributed by atoms with E-state index < -0.39 is 23.8 Å². The maximum absolute atomic E-state index is 13.9. The topological polar surface area (TPSA) is 133 Å². The lowest BCUT2D eigenvalue weighted by molar-refractivity contribution is -0.147. The van der Waals surface area contributed by atoms with Gasteiger partial charge in [-0.25, -0.2) is 9.40 Å². The summed E-state index contributed by atoms with van der Waals surface area (Å²) in [6.07, 6.45) is 1.47. The molecule has 3 aromatic rings. The standard InChI is InChI=1S/C27H31FN4O6S/c1-16(2)24(29)27(35)38-11-10-37-21-9-8-17(12-22(21)36-4)26(34)30-14-23(33)32(3)31-13-18-15-39-25-19(18)6-5-7-20(25)28/h5-9,12-13,15-16,24H,10-11,14,29H2,1-4H3,(H,30,34)/b31-13+/t24-/m0/s1. The zero-order chi connectivity index (χ0) is 28.5. The maximum atomic E-state index is 13.9. The molecule has 0 saturated heterocycles. The minimum atomic E-state index is -0.706. The van der Waals surface area contributed by atoms with Gasteiger partial charge in [0.05, 0.1) is 24.6 Å². The molecule has 0 aliphatic carbocycles. The number of halogens is 1. The molecule has 12 heteroatoms. The number of nitrogens with one attached hydrogen (secondary N) is 1. The van der Waals surface area contributed by atoms with E-state index in [-0.39, 0.29) is 37.1 Å². The molecular weight excluding hydrogens is 527 g/mol. The number of methoxy groups -OCH3 is 1. The molecule has 0 spiro atoms. The summed E-state index contributed by atoms with van der Waals surface area (Å²) < 4.78 is 30.4. The highest BCUT2D eigenvalue weighted by Crippen LogP contribution is 2.28. The number of nitrogens with zero attached hydrogens (tertiary/aromatic N) is 2. The van der Waals surface area contributed by atoms with Gasteiger partial charge in [-0.15, -0.1) is 11.3 Å². The number of rotatable bonds is 12. The second-order valence-corrected chi connectivity index (χ2v) is 9.68. The van der Waals surface area contributed by atoms with Gasteiger partial charge in [-0.05, 0) is 30.2 Å². The summed E-state index contributed by atoms with van der Waals surface area (Å²) in [6.45, 7) is 3.42. The van der Waals surface area contributed by atoms with Crippen LogP contribution < -0.4 is 20.5 Å². The SMILES string of the molecule is COc1cc(C(=O)NCC(=O)N(C)/N=C/c2csc3c(F)cccc23)ccc1OCCOC(=O)[C@@H](N)C(C)C. The summed E-state index contributed by atoms with van der Waals surface area (Å²) in [5.74, 6) is -1.17. The largest absolute Gasteiger partial charge is 0.493 e. The molecule has 1 heterocycles. The van der Waals surface area contributed by atoms with Crippen LogP contribution >= 0.6 is 11.3 Å². The van der Waals surface area contributed by atoms with Gasteiger partial charge in [-0.2, -0.15) is 5.10 Å². The Morgan fingerprint density at radius 1 is 1.18 bits per heavy atom. The molecule has 0 bridgehead atoms. The second kappa shape index (κ2) is 13.7. The van der Waals surface area contributed by atoms with Crippen molar-refractivity contribution in [2.75, 3.05) is 33.9 Å². The van der Waals surface area contributed by atoms with E-state index in [2.05, 4.69) is 10.4 Å². The Kier molecular flexibility index (Phi) is 10.4. The van der Waals surface area contributed by atoms with Crippen molar-refractivity contribution in [1.29, 1.82) is 0 Å². The lowest BCUT2D eigenvalue weighted by Gasteiger charge is -2.15. The van der Waals surface area contributed by atoms with Gasteiger partial charge >= 0.3 is 5.97 Å². The van der Waals surface area contributed by atoms with Gasteiger partial charge in [0.1, 0.15) is 25.1 Å². The second-order valence-electron chi connectivity index (χ2n) is 8.80. The first-order valence-electron chi connectivity index (χ1n) is 12.1. The highest BCUT2D eigenvalue weighted by Gasteiger charge is 2.19. The lowest BCUT2D eigenvalue weighted by Crippen LogP contribution is -2.37. The quantitative estimate of drug-likeness (QED) is 0.151. The van der Waals surface area contributed by atoms with Gasteiger partial charge < -0.3 is 25.3 Å². The van der Waals surface area contributed by atoms with Crippen LogP contribution in [0.3, 0.4) is 0 Å². The average Bonchev–Trinajstić information content (AvgIpc) is 3.36. The zero-order valence-electron chi connectivity index (χ0n) is 22.1. The fourth-order valence-corrected chi connectivity index (χ4v) is 4.24. The number of hydrogen-bond acceptors (Lipinski definition) is 9. The van der Waals surface area contributed by atoms with E-state index in [1.165, 1.54) is 49.9 Å². The van der Waals surface area contributed by atoms with E-state index in [1.54, 1.807) is 23.6 Å². The van der Waals surface area contributed by atoms with Gasteiger partial charge in [0.15, 0.2) is 11.5 Å². The number of carbonyl (C=O) groups excluding carboxylic acids is 3. The van der Waals surface area contributed by atoms with E-state index in [0.29, 0.717) is 27.1 Å². The van der Waals surface area contributed by atoms with Crippen LogP contribution in [0.25, 0.3) is 10.1 Å². The average molecular weight is 559 g/mol. The Morgan fingerprint density at radius 2 is 1.95 bits per heavy atom. The summed E-state index contributed by atoms with van der Waals surface area (Å²) in [7, 11) is 2.89. The first-order chi connectivity index (χ1) is 18.6. The van der Waals surface area contributed by atoms with Gasteiger partial charge in [0.2, 0.25) is 0 Å². The number of benzene rings is 2. The third-order valence-electron chi connectivity index (χ3n) is 5.71. The molecule has 1 atom stereocenters. The fraction of sp³-hybridized carbons (Fsp3) is 0.333. The summed E-state index contributed by atoms with van der Waals surface area (Å²) in [5, 5.41) is 10.2. The minimum absolute atomic E-state index is 0.00226. The van der Waals surface area contributed by atoms with Crippen LogP contribution in [0.15, 0.2) is 46.9 Å². The molecule has 39 heavy (non-hydrogen) atoms. The van der Waals surface area contributed by atoms with Gasteiger partial charge in [0, 0.05) is 28.9 Å². The maximum Gasteiger partial charge on any atom is 0.323 e. The van der Waals surface area contributed by atoms with Crippen LogP contribution in [0, 0.1) is 11.7 Å². The van der Waals surface area contributed by atoms with E-state index in [1.807, 2.05) is 13.8 Å². The van der Waals surface area contributed by atoms with Crippen LogP contribution in [-0.2, 0) is 14.3 Å². The van der Waals surface area contributed by atoms with E-state index in [0.717, 1.165) is 5.01 Å². The third kappa shape index (κ3) is 7.74. The minimum Gasteiger partial charge on any atom is -0.493 e. The summed E-state index contributed by atoms with van der Waals surface area (Å²) >= 11 is 1.25. The van der Waals surface area contributed by atoms with E-state index >= 15 is 0 Å². The number of nitrogens with two attached hydrogens (primary N) is 1.